The van der Waals surface area contributed by atoms with Gasteiger partial charge in [0.25, 0.3) is 0 Å². The summed E-state index contributed by atoms with van der Waals surface area (Å²) in [5.74, 6) is 0. The molecule has 2 N–H and O–H groups in total. The molecule has 0 spiro atoms. The van der Waals surface area contributed by atoms with Crippen LogP contribution in [0.25, 0.3) is 0 Å². The Bertz CT molecular complexity index is 781. The van der Waals surface area contributed by atoms with Crippen LogP contribution in [0.5, 0.6) is 0 Å². The average Bonchev–Trinajstić information content (AvgIpc) is 2.66. The van der Waals surface area contributed by atoms with Gasteiger partial charge in [0, 0.05) is 22.3 Å². The van der Waals surface area contributed by atoms with Crippen LogP contribution >= 0.6 is 0 Å². The Morgan fingerprint density at radius 1 is 0.458 bits per heavy atom. The third-order valence-electron chi connectivity index (χ3n) is 3.73. The van der Waals surface area contributed by atoms with E-state index >= 15 is 0 Å². The van der Waals surface area contributed by atoms with Gasteiger partial charge in [-0.2, -0.15) is 0 Å². The van der Waals surface area contributed by atoms with Crippen molar-refractivity contribution >= 4 is 11.4 Å². The normalized spacial score (nSPS) is 12.2. The molecule has 0 aliphatic heterocycles. The molecule has 0 aliphatic rings. The first kappa shape index (κ1) is 15.5. The third-order valence-corrected chi connectivity index (χ3v) is 3.73. The highest BCUT2D eigenvalue weighted by atomic mass is 16.4. The highest BCUT2D eigenvalue weighted by Crippen LogP contribution is 2.15. The number of hydrogen-bond donors (Lipinski definition) is 2. The van der Waals surface area contributed by atoms with Gasteiger partial charge in [0.05, 0.1) is 0 Å². The van der Waals surface area contributed by atoms with Gasteiger partial charge >= 0.3 is 0 Å². The lowest BCUT2D eigenvalue weighted by molar-refractivity contribution is 0.319. The van der Waals surface area contributed by atoms with Crippen molar-refractivity contribution in [2.45, 2.75) is 0 Å². The van der Waals surface area contributed by atoms with E-state index < -0.39 is 0 Å². The molecular weight excluding hydrogens is 300 g/mol. The van der Waals surface area contributed by atoms with Crippen molar-refractivity contribution in [3.63, 3.8) is 0 Å². The molecule has 0 unspecified atom stereocenters. The quantitative estimate of drug-likeness (QED) is 0.431. The van der Waals surface area contributed by atoms with Crippen molar-refractivity contribution in [1.82, 2.24) is 0 Å². The second-order valence-electron chi connectivity index (χ2n) is 5.21. The van der Waals surface area contributed by atoms with Crippen LogP contribution in [0.2, 0.25) is 0 Å². The van der Waals surface area contributed by atoms with E-state index in [4.69, 9.17) is 0 Å². The fourth-order valence-corrected chi connectivity index (χ4v) is 2.54. The van der Waals surface area contributed by atoms with Crippen LogP contribution in [0.4, 0.5) is 0 Å². The van der Waals surface area contributed by atoms with Crippen molar-refractivity contribution in [1.29, 1.82) is 0 Å². The smallest absolute Gasteiger partial charge is 0.117 e. The summed E-state index contributed by atoms with van der Waals surface area (Å²) in [6, 6.07) is 26.3. The van der Waals surface area contributed by atoms with E-state index in [9.17, 15) is 10.4 Å². The van der Waals surface area contributed by atoms with Gasteiger partial charge in [-0.15, -0.1) is 0 Å². The minimum absolute atomic E-state index is 0.490. The molecule has 3 aromatic carbocycles. The molecule has 0 radical (unpaired) electrons. The predicted octanol–water partition coefficient (Wildman–Crippen LogP) is 4.14. The maximum atomic E-state index is 9.36. The van der Waals surface area contributed by atoms with E-state index in [0.717, 1.165) is 22.3 Å². The summed E-state index contributed by atoms with van der Waals surface area (Å²) in [7, 11) is 0. The lowest BCUT2D eigenvalue weighted by Gasteiger charge is -2.08. The van der Waals surface area contributed by atoms with Crippen LogP contribution < -0.4 is 0 Å². The lowest BCUT2D eigenvalue weighted by Crippen LogP contribution is -2.06. The summed E-state index contributed by atoms with van der Waals surface area (Å²) in [6.45, 7) is 0. The van der Waals surface area contributed by atoms with E-state index in [0.29, 0.717) is 11.4 Å². The number of oxime groups is 2. The molecule has 3 aromatic rings. The van der Waals surface area contributed by atoms with Gasteiger partial charge in [-0.25, -0.2) is 0 Å². The fourth-order valence-electron chi connectivity index (χ4n) is 2.54. The molecule has 4 heteroatoms. The number of rotatable bonds is 4. The Balaban J connectivity index is 1.93. The summed E-state index contributed by atoms with van der Waals surface area (Å²) in [5.41, 5.74) is 4.18. The molecule has 0 amide bonds. The highest BCUT2D eigenvalue weighted by Gasteiger charge is 2.10. The van der Waals surface area contributed by atoms with Crippen LogP contribution in [0, 0.1) is 0 Å². The Hall–Kier alpha value is -3.40. The molecule has 0 bridgehead atoms. The second kappa shape index (κ2) is 7.24. The molecule has 0 fully saturated rings. The second-order valence-corrected chi connectivity index (χ2v) is 5.21. The van der Waals surface area contributed by atoms with E-state index in [2.05, 4.69) is 10.3 Å². The summed E-state index contributed by atoms with van der Waals surface area (Å²) in [4.78, 5) is 0. The summed E-state index contributed by atoms with van der Waals surface area (Å²) >= 11 is 0. The Morgan fingerprint density at radius 2 is 0.750 bits per heavy atom. The number of hydrogen-bond acceptors (Lipinski definition) is 4. The molecule has 3 rings (SSSR count). The van der Waals surface area contributed by atoms with Gasteiger partial charge in [-0.3, -0.25) is 0 Å². The zero-order chi connectivity index (χ0) is 16.8. The van der Waals surface area contributed by atoms with Crippen molar-refractivity contribution in [2.24, 2.45) is 10.3 Å². The standard InChI is InChI=1S/C20H16N2O2/c23-21-19(15-7-3-1-4-8-15)17-11-13-18(14-12-17)20(22-24)16-9-5-2-6-10-16/h1-14,23-24H/b21-19-,22-20+. The first-order valence-electron chi connectivity index (χ1n) is 7.49. The van der Waals surface area contributed by atoms with E-state index in [1.807, 2.05) is 84.9 Å². The largest absolute Gasteiger partial charge is 0.410 e. The molecule has 0 heterocycles. The maximum Gasteiger partial charge on any atom is 0.117 e. The van der Waals surface area contributed by atoms with E-state index in [-0.39, 0.29) is 0 Å². The molecule has 4 nitrogen and oxygen atoms in total. The molecule has 118 valence electrons. The minimum Gasteiger partial charge on any atom is -0.410 e. The lowest BCUT2D eigenvalue weighted by atomic mass is 9.98. The van der Waals surface area contributed by atoms with Crippen molar-refractivity contribution in [2.75, 3.05) is 0 Å². The van der Waals surface area contributed by atoms with Crippen molar-refractivity contribution < 1.29 is 10.4 Å². The van der Waals surface area contributed by atoms with Gasteiger partial charge in [-0.1, -0.05) is 95.2 Å². The monoisotopic (exact) mass is 316 g/mol. The van der Waals surface area contributed by atoms with Gasteiger partial charge in [-0.05, 0) is 0 Å². The summed E-state index contributed by atoms with van der Waals surface area (Å²) in [5, 5.41) is 25.6. The van der Waals surface area contributed by atoms with E-state index in [1.54, 1.807) is 0 Å². The first-order valence-corrected chi connectivity index (χ1v) is 7.49. The van der Waals surface area contributed by atoms with Crippen LogP contribution in [-0.2, 0) is 0 Å². The van der Waals surface area contributed by atoms with Gasteiger partial charge < -0.3 is 10.4 Å². The molecule has 24 heavy (non-hydrogen) atoms. The molecule has 0 saturated heterocycles. The summed E-state index contributed by atoms with van der Waals surface area (Å²) in [6.07, 6.45) is 0. The van der Waals surface area contributed by atoms with Gasteiger partial charge in [0.15, 0.2) is 0 Å². The molecule has 0 atom stereocenters. The van der Waals surface area contributed by atoms with Gasteiger partial charge in [0.2, 0.25) is 0 Å². The highest BCUT2D eigenvalue weighted by molar-refractivity contribution is 6.15. The predicted molar refractivity (Wildman–Crippen MR) is 94.2 cm³/mol. The Kier molecular flexibility index (Phi) is 4.68. The molecule has 0 aromatic heterocycles. The first-order chi connectivity index (χ1) is 11.8. The average molecular weight is 316 g/mol. The molecular formula is C20H16N2O2. The van der Waals surface area contributed by atoms with Gasteiger partial charge in [0.1, 0.15) is 11.4 Å². The molecule has 0 saturated carbocycles. The summed E-state index contributed by atoms with van der Waals surface area (Å²) < 4.78 is 0. The SMILES string of the molecule is O/N=C(/c1ccccc1)c1ccc(/C(=N/O)c2ccccc2)cc1. The van der Waals surface area contributed by atoms with E-state index in [1.165, 1.54) is 0 Å². The zero-order valence-electron chi connectivity index (χ0n) is 12.9. The molecule has 0 aliphatic carbocycles. The van der Waals surface area contributed by atoms with Crippen LogP contribution in [0.1, 0.15) is 22.3 Å². The third kappa shape index (κ3) is 3.17. The topological polar surface area (TPSA) is 65.2 Å². The van der Waals surface area contributed by atoms with Crippen molar-refractivity contribution in [3.8, 4) is 0 Å². The van der Waals surface area contributed by atoms with Crippen LogP contribution in [0.15, 0.2) is 95.2 Å². The fraction of sp³-hybridized carbons (Fsp3) is 0. The maximum absolute atomic E-state index is 9.36. The number of nitrogens with zero attached hydrogens (tertiary/aromatic N) is 2. The van der Waals surface area contributed by atoms with Crippen LogP contribution in [0.3, 0.4) is 0 Å². The Labute approximate surface area is 140 Å². The minimum atomic E-state index is 0.490. The van der Waals surface area contributed by atoms with Crippen LogP contribution in [-0.4, -0.2) is 21.8 Å². The van der Waals surface area contributed by atoms with Crippen molar-refractivity contribution in [3.05, 3.63) is 107 Å². The Morgan fingerprint density at radius 3 is 1.04 bits per heavy atom. The zero-order valence-corrected chi connectivity index (χ0v) is 12.9. The number of benzene rings is 3.